The Morgan fingerprint density at radius 1 is 1.08 bits per heavy atom. The maximum absolute atomic E-state index is 12.4. The Balaban J connectivity index is 1.30. The molecule has 1 unspecified atom stereocenters. The molecule has 206 valence electrons. The second kappa shape index (κ2) is 10.5. The van der Waals surface area contributed by atoms with Crippen LogP contribution in [0.5, 0.6) is 5.75 Å². The van der Waals surface area contributed by atoms with Crippen molar-refractivity contribution in [2.75, 3.05) is 19.8 Å². The zero-order valence-corrected chi connectivity index (χ0v) is 23.6. The minimum Gasteiger partial charge on any atom is -0.491 e. The van der Waals surface area contributed by atoms with Crippen molar-refractivity contribution in [1.82, 2.24) is 4.98 Å². The van der Waals surface area contributed by atoms with Gasteiger partial charge in [-0.25, -0.2) is 4.79 Å². The first-order chi connectivity index (χ1) is 17.7. The molecule has 0 N–H and O–H groups in total. The Morgan fingerprint density at radius 3 is 2.62 bits per heavy atom. The van der Waals surface area contributed by atoms with E-state index >= 15 is 0 Å². The summed E-state index contributed by atoms with van der Waals surface area (Å²) in [7, 11) is 0. The van der Waals surface area contributed by atoms with E-state index < -0.39 is 0 Å². The Hall–Kier alpha value is -1.66. The number of hydrogen-bond acceptors (Lipinski definition) is 6. The summed E-state index contributed by atoms with van der Waals surface area (Å²) in [6.07, 6.45) is 14.3. The van der Waals surface area contributed by atoms with Crippen molar-refractivity contribution in [3.05, 3.63) is 24.0 Å². The van der Waals surface area contributed by atoms with E-state index in [1.165, 1.54) is 44.9 Å². The molecule has 1 aliphatic heterocycles. The van der Waals surface area contributed by atoms with Crippen molar-refractivity contribution in [2.45, 2.75) is 105 Å². The predicted molar refractivity (Wildman–Crippen MR) is 142 cm³/mol. The van der Waals surface area contributed by atoms with E-state index in [-0.39, 0.29) is 28.5 Å². The second-order valence-corrected chi connectivity index (χ2v) is 13.3. The molecule has 0 aromatic carbocycles. The van der Waals surface area contributed by atoms with Crippen molar-refractivity contribution in [3.8, 4) is 5.75 Å². The van der Waals surface area contributed by atoms with Crippen LogP contribution in [0.15, 0.2) is 18.5 Å². The fraction of sp³-hybridized carbons (Fsp3) is 0.806. The summed E-state index contributed by atoms with van der Waals surface area (Å²) in [6, 6.07) is 1.68. The van der Waals surface area contributed by atoms with Gasteiger partial charge in [-0.2, -0.15) is 0 Å². The summed E-state index contributed by atoms with van der Waals surface area (Å²) in [6.45, 7) is 13.4. The van der Waals surface area contributed by atoms with Gasteiger partial charge in [-0.3, -0.25) is 4.98 Å². The van der Waals surface area contributed by atoms with Crippen LogP contribution in [0.1, 0.15) is 103 Å². The van der Waals surface area contributed by atoms with E-state index in [0.717, 1.165) is 19.4 Å². The molecule has 1 aromatic heterocycles. The van der Waals surface area contributed by atoms with Gasteiger partial charge in [0.1, 0.15) is 5.56 Å². The summed E-state index contributed by atoms with van der Waals surface area (Å²) in [5.41, 5.74) is 0.921. The van der Waals surface area contributed by atoms with E-state index in [2.05, 4.69) is 32.7 Å². The normalized spacial score (nSPS) is 37.4. The molecule has 0 bridgehead atoms. The summed E-state index contributed by atoms with van der Waals surface area (Å²) in [4.78, 5) is 16.6. The highest BCUT2D eigenvalue weighted by Gasteiger charge is 2.62. The fourth-order valence-corrected chi connectivity index (χ4v) is 8.82. The zero-order chi connectivity index (χ0) is 26.3. The third kappa shape index (κ3) is 4.93. The Morgan fingerprint density at radius 2 is 1.86 bits per heavy atom. The number of carbonyl (C=O) groups is 1. The van der Waals surface area contributed by atoms with Crippen LogP contribution >= 0.6 is 0 Å². The van der Waals surface area contributed by atoms with Gasteiger partial charge in [-0.1, -0.05) is 40.5 Å². The average Bonchev–Trinajstić information content (AvgIpc) is 3.40. The molecule has 4 fully saturated rings. The van der Waals surface area contributed by atoms with E-state index in [0.29, 0.717) is 48.4 Å². The molecule has 6 nitrogen and oxygen atoms in total. The maximum Gasteiger partial charge on any atom is 0.342 e. The molecule has 37 heavy (non-hydrogen) atoms. The van der Waals surface area contributed by atoms with Crippen molar-refractivity contribution in [3.63, 3.8) is 0 Å². The molecule has 6 heteroatoms. The second-order valence-electron chi connectivity index (χ2n) is 13.3. The van der Waals surface area contributed by atoms with Gasteiger partial charge in [-0.05, 0) is 80.6 Å². The van der Waals surface area contributed by atoms with Gasteiger partial charge in [-0.15, -0.1) is 0 Å². The van der Waals surface area contributed by atoms with Crippen LogP contribution in [0.2, 0.25) is 0 Å². The molecule has 2 heterocycles. The standard InChI is InChI=1S/C31H47NO5/c1-6-34-27(33)22-13-17-32-19-23(22)35-18-14-24-29(2,3)15-11-25-30(24,4)16-12-26-31(25,5)20-36-28(37-26)21-9-7-8-10-21/h13,17,19,21,24-26,28H,6-12,14-16,18,20H2,1-5H3/t24-,25?,26-,28-,30+,31+/m1/s1. The lowest BCUT2D eigenvalue weighted by Crippen LogP contribution is -2.63. The number of aromatic nitrogens is 1. The van der Waals surface area contributed by atoms with Crippen molar-refractivity contribution in [2.24, 2.45) is 34.0 Å². The molecular weight excluding hydrogens is 466 g/mol. The quantitative estimate of drug-likeness (QED) is 0.373. The molecule has 1 aromatic rings. The van der Waals surface area contributed by atoms with Crippen LogP contribution in [0.3, 0.4) is 0 Å². The van der Waals surface area contributed by atoms with E-state index in [9.17, 15) is 4.79 Å². The number of nitrogens with zero attached hydrogens (tertiary/aromatic N) is 1. The number of ether oxygens (including phenoxy) is 4. The number of carbonyl (C=O) groups excluding carboxylic acids is 1. The van der Waals surface area contributed by atoms with Crippen LogP contribution < -0.4 is 4.74 Å². The Kier molecular flexibility index (Phi) is 7.63. The molecular formula is C31H47NO5. The first-order valence-corrected chi connectivity index (χ1v) is 14.7. The van der Waals surface area contributed by atoms with Crippen molar-refractivity contribution >= 4 is 5.97 Å². The molecule has 0 amide bonds. The van der Waals surface area contributed by atoms with Crippen molar-refractivity contribution < 1.29 is 23.7 Å². The van der Waals surface area contributed by atoms with Crippen molar-refractivity contribution in [1.29, 1.82) is 0 Å². The number of esters is 1. The van der Waals surface area contributed by atoms with Crippen LogP contribution in [0, 0.1) is 34.0 Å². The topological polar surface area (TPSA) is 66.9 Å². The molecule has 1 saturated heterocycles. The summed E-state index contributed by atoms with van der Waals surface area (Å²) in [5.74, 6) is 1.81. The van der Waals surface area contributed by atoms with Gasteiger partial charge in [0.05, 0.1) is 32.1 Å². The first kappa shape index (κ1) is 26.9. The van der Waals surface area contributed by atoms with Gasteiger partial charge in [0.15, 0.2) is 12.0 Å². The fourth-order valence-electron chi connectivity index (χ4n) is 8.82. The highest BCUT2D eigenvalue weighted by molar-refractivity contribution is 5.92. The minimum atomic E-state index is -0.357. The third-order valence-electron chi connectivity index (χ3n) is 10.7. The number of pyridine rings is 1. The largest absolute Gasteiger partial charge is 0.491 e. The highest BCUT2D eigenvalue weighted by Crippen LogP contribution is 2.66. The lowest BCUT2D eigenvalue weighted by molar-refractivity contribution is -0.322. The summed E-state index contributed by atoms with van der Waals surface area (Å²) < 4.78 is 24.7. The minimum absolute atomic E-state index is 0.00207. The number of hydrogen-bond donors (Lipinski definition) is 0. The molecule has 0 spiro atoms. The van der Waals surface area contributed by atoms with Gasteiger partial charge < -0.3 is 18.9 Å². The predicted octanol–water partition coefficient (Wildman–Crippen LogP) is 6.82. The molecule has 4 aliphatic rings. The summed E-state index contributed by atoms with van der Waals surface area (Å²) >= 11 is 0. The molecule has 6 atom stereocenters. The molecule has 3 aliphatic carbocycles. The lowest BCUT2D eigenvalue weighted by Gasteiger charge is -2.65. The number of rotatable bonds is 7. The van der Waals surface area contributed by atoms with E-state index in [1.54, 1.807) is 18.5 Å². The zero-order valence-electron chi connectivity index (χ0n) is 23.6. The molecule has 5 rings (SSSR count). The van der Waals surface area contributed by atoms with Crippen LogP contribution in [-0.4, -0.2) is 43.2 Å². The highest BCUT2D eigenvalue weighted by atomic mass is 16.7. The first-order valence-electron chi connectivity index (χ1n) is 14.7. The van der Waals surface area contributed by atoms with Gasteiger partial charge >= 0.3 is 5.97 Å². The molecule has 0 radical (unpaired) electrons. The van der Waals surface area contributed by atoms with Gasteiger partial charge in [0.2, 0.25) is 0 Å². The van der Waals surface area contributed by atoms with Crippen LogP contribution in [-0.2, 0) is 14.2 Å². The average molecular weight is 514 g/mol. The maximum atomic E-state index is 12.4. The smallest absolute Gasteiger partial charge is 0.342 e. The third-order valence-corrected chi connectivity index (χ3v) is 10.7. The number of fused-ring (bicyclic) bond motifs is 3. The molecule has 3 saturated carbocycles. The van der Waals surface area contributed by atoms with Crippen LogP contribution in [0.25, 0.3) is 0 Å². The van der Waals surface area contributed by atoms with E-state index in [1.807, 2.05) is 6.92 Å². The van der Waals surface area contributed by atoms with Gasteiger partial charge in [0.25, 0.3) is 0 Å². The SMILES string of the molecule is CCOC(=O)c1ccncc1OCC[C@@H]1C(C)(C)CCC2[C@]3(C)CO[C@@H](C4CCCC4)O[C@@H]3CC[C@]21C. The lowest BCUT2D eigenvalue weighted by atomic mass is 9.42. The summed E-state index contributed by atoms with van der Waals surface area (Å²) in [5, 5.41) is 0. The van der Waals surface area contributed by atoms with E-state index in [4.69, 9.17) is 18.9 Å². The monoisotopic (exact) mass is 513 g/mol. The van der Waals surface area contributed by atoms with Crippen LogP contribution in [0.4, 0.5) is 0 Å². The Labute approximate surface area is 223 Å². The Bertz CT molecular complexity index is 959. The van der Waals surface area contributed by atoms with Gasteiger partial charge in [0, 0.05) is 17.5 Å².